The molecule has 0 aromatic rings. The maximum atomic E-state index is 9.65. The number of nitrogens with zero attached hydrogens (tertiary/aromatic N) is 1. The summed E-state index contributed by atoms with van der Waals surface area (Å²) < 4.78 is 0.640. The summed E-state index contributed by atoms with van der Waals surface area (Å²) in [6.07, 6.45) is 0.924. The second kappa shape index (κ2) is 1.83. The largest absolute Gasteiger partial charge is 0.259 e. The van der Waals surface area contributed by atoms with Crippen LogP contribution >= 0.6 is 24.0 Å². The van der Waals surface area contributed by atoms with Gasteiger partial charge in [-0.15, -0.1) is 0 Å². The summed E-state index contributed by atoms with van der Waals surface area (Å²) in [5, 5.41) is 9.65. The van der Waals surface area contributed by atoms with Crippen molar-refractivity contribution in [1.82, 2.24) is 0 Å². The summed E-state index contributed by atoms with van der Waals surface area (Å²) in [5.74, 6) is 0. The maximum absolute atomic E-state index is 9.65. The van der Waals surface area contributed by atoms with Gasteiger partial charge in [0.1, 0.15) is 4.91 Å². The molecule has 3 nitrogen and oxygen atoms in total. The molecule has 0 N–H and O–H groups in total. The number of rotatable bonds is 1. The van der Waals surface area contributed by atoms with Crippen molar-refractivity contribution in [3.05, 3.63) is 21.2 Å². The molecule has 5 heteroatoms. The van der Waals surface area contributed by atoms with Gasteiger partial charge in [-0.05, 0) is 0 Å². The fraction of sp³-hybridized carbons (Fsp3) is 0. The fourth-order valence-electron chi connectivity index (χ4n) is 0.249. The molecule has 0 spiro atoms. The standard InChI is InChI=1S/C3HNO2S2/c5-4(6)1-2-3(7)8-2/h1H. The first-order valence-corrected chi connectivity index (χ1v) is 3.00. The highest BCUT2D eigenvalue weighted by Crippen LogP contribution is 2.39. The molecule has 1 rings (SSSR count). The number of thioether (sulfide) groups is 1. The van der Waals surface area contributed by atoms with E-state index in [1.54, 1.807) is 0 Å². The highest BCUT2D eigenvalue weighted by molar-refractivity contribution is 8.38. The van der Waals surface area contributed by atoms with Crippen molar-refractivity contribution in [3.63, 3.8) is 0 Å². The highest BCUT2D eigenvalue weighted by Gasteiger charge is 2.26. The molecule has 0 aromatic carbocycles. The summed E-state index contributed by atoms with van der Waals surface area (Å²) >= 11 is 5.85. The van der Waals surface area contributed by atoms with E-state index in [0.29, 0.717) is 9.10 Å². The smallest absolute Gasteiger partial charge is 0.250 e. The Morgan fingerprint density at radius 1 is 1.88 bits per heavy atom. The predicted octanol–water partition coefficient (Wildman–Crippen LogP) is 1.18. The average Bonchev–Trinajstić information content (AvgIpc) is 2.17. The lowest BCUT2D eigenvalue weighted by molar-refractivity contribution is -0.402. The minimum atomic E-state index is -0.498. The molecule has 0 radical (unpaired) electrons. The zero-order valence-electron chi connectivity index (χ0n) is 3.66. The Balaban J connectivity index is 2.60. The quantitative estimate of drug-likeness (QED) is 0.184. The fourth-order valence-corrected chi connectivity index (χ4v) is 0.911. The molecule has 8 heavy (non-hydrogen) atoms. The van der Waals surface area contributed by atoms with Gasteiger partial charge >= 0.3 is 0 Å². The molecule has 0 aromatic heterocycles. The summed E-state index contributed by atoms with van der Waals surface area (Å²) in [7, 11) is 0. The minimum absolute atomic E-state index is 0.498. The number of hydrogen-bond donors (Lipinski definition) is 0. The highest BCUT2D eigenvalue weighted by atomic mass is 32.2. The third kappa shape index (κ3) is 1.28. The molecule has 0 unspecified atom stereocenters. The summed E-state index contributed by atoms with van der Waals surface area (Å²) in [6, 6.07) is 0. The molecular formula is C3HNO2S2. The second-order valence-electron chi connectivity index (χ2n) is 1.17. The van der Waals surface area contributed by atoms with Crippen LogP contribution in [0, 0.1) is 10.1 Å². The van der Waals surface area contributed by atoms with Crippen LogP contribution in [0.15, 0.2) is 11.1 Å². The number of thiocarbonyl (C=S) groups is 1. The van der Waals surface area contributed by atoms with Crippen molar-refractivity contribution < 1.29 is 4.92 Å². The summed E-state index contributed by atoms with van der Waals surface area (Å²) in [6.45, 7) is 0. The predicted molar refractivity (Wildman–Crippen MR) is 35.3 cm³/mol. The van der Waals surface area contributed by atoms with Gasteiger partial charge in [-0.3, -0.25) is 10.1 Å². The van der Waals surface area contributed by atoms with Gasteiger partial charge < -0.3 is 0 Å². The average molecular weight is 147 g/mol. The van der Waals surface area contributed by atoms with Crippen molar-refractivity contribution in [2.45, 2.75) is 0 Å². The SMILES string of the molecule is O=[N+]([O-])C=C1SC1=S. The monoisotopic (exact) mass is 147 g/mol. The van der Waals surface area contributed by atoms with Crippen LogP contribution in [-0.2, 0) is 0 Å². The van der Waals surface area contributed by atoms with Crippen LogP contribution in [0.5, 0.6) is 0 Å². The van der Waals surface area contributed by atoms with E-state index in [1.807, 2.05) is 0 Å². The molecule has 1 heterocycles. The van der Waals surface area contributed by atoms with E-state index < -0.39 is 4.92 Å². The zero-order chi connectivity index (χ0) is 6.15. The van der Waals surface area contributed by atoms with Gasteiger partial charge in [0.2, 0.25) is 6.20 Å². The van der Waals surface area contributed by atoms with Crippen molar-refractivity contribution in [3.8, 4) is 0 Å². The molecule has 1 fully saturated rings. The maximum Gasteiger partial charge on any atom is 0.250 e. The lowest BCUT2D eigenvalue weighted by Crippen LogP contribution is -1.81. The molecular weight excluding hydrogens is 146 g/mol. The van der Waals surface area contributed by atoms with E-state index in [1.165, 1.54) is 11.8 Å². The molecule has 1 aliphatic heterocycles. The van der Waals surface area contributed by atoms with E-state index in [-0.39, 0.29) is 0 Å². The van der Waals surface area contributed by atoms with E-state index in [0.717, 1.165) is 6.20 Å². The van der Waals surface area contributed by atoms with Crippen molar-refractivity contribution in [1.29, 1.82) is 0 Å². The van der Waals surface area contributed by atoms with Gasteiger partial charge in [-0.1, -0.05) is 24.0 Å². The number of nitro groups is 1. The zero-order valence-corrected chi connectivity index (χ0v) is 5.29. The molecule has 42 valence electrons. The Morgan fingerprint density at radius 2 is 2.38 bits per heavy atom. The van der Waals surface area contributed by atoms with Crippen LogP contribution in [0.3, 0.4) is 0 Å². The van der Waals surface area contributed by atoms with E-state index in [2.05, 4.69) is 12.2 Å². The van der Waals surface area contributed by atoms with Crippen LogP contribution in [0.1, 0.15) is 0 Å². The first-order chi connectivity index (χ1) is 3.70. The van der Waals surface area contributed by atoms with E-state index in [9.17, 15) is 10.1 Å². The Bertz CT molecular complexity index is 186. The van der Waals surface area contributed by atoms with Gasteiger partial charge in [0.05, 0.1) is 9.12 Å². The third-order valence-corrected chi connectivity index (χ3v) is 1.91. The summed E-state index contributed by atoms with van der Waals surface area (Å²) in [5.41, 5.74) is 0. The first-order valence-electron chi connectivity index (χ1n) is 1.77. The van der Waals surface area contributed by atoms with Gasteiger partial charge in [0, 0.05) is 0 Å². The van der Waals surface area contributed by atoms with Crippen molar-refractivity contribution >= 4 is 28.2 Å². The molecule has 0 bridgehead atoms. The lowest BCUT2D eigenvalue weighted by atomic mass is 10.7. The number of hydrogen-bond acceptors (Lipinski definition) is 4. The Labute approximate surface area is 54.9 Å². The van der Waals surface area contributed by atoms with E-state index in [4.69, 9.17) is 0 Å². The Hall–Kier alpha value is -0.420. The van der Waals surface area contributed by atoms with Crippen LogP contribution in [0.2, 0.25) is 0 Å². The molecule has 0 aliphatic carbocycles. The molecule has 0 saturated carbocycles. The molecule has 0 atom stereocenters. The Kier molecular flexibility index (Phi) is 1.31. The van der Waals surface area contributed by atoms with Gasteiger partial charge in [-0.25, -0.2) is 0 Å². The van der Waals surface area contributed by atoms with Gasteiger partial charge in [-0.2, -0.15) is 0 Å². The van der Waals surface area contributed by atoms with E-state index >= 15 is 0 Å². The Morgan fingerprint density at radius 3 is 2.50 bits per heavy atom. The van der Waals surface area contributed by atoms with Gasteiger partial charge in [0.15, 0.2) is 0 Å². The summed E-state index contributed by atoms with van der Waals surface area (Å²) in [4.78, 5) is 9.77. The minimum Gasteiger partial charge on any atom is -0.259 e. The first kappa shape index (κ1) is 5.71. The van der Waals surface area contributed by atoms with Crippen LogP contribution in [0.4, 0.5) is 0 Å². The van der Waals surface area contributed by atoms with Crippen LogP contribution in [0.25, 0.3) is 0 Å². The second-order valence-corrected chi connectivity index (χ2v) is 2.89. The third-order valence-electron chi connectivity index (χ3n) is 0.585. The molecule has 0 amide bonds. The van der Waals surface area contributed by atoms with Crippen molar-refractivity contribution in [2.75, 3.05) is 0 Å². The van der Waals surface area contributed by atoms with Gasteiger partial charge in [0.25, 0.3) is 0 Å². The molecule has 1 saturated heterocycles. The van der Waals surface area contributed by atoms with Crippen LogP contribution in [-0.4, -0.2) is 9.12 Å². The van der Waals surface area contributed by atoms with Crippen molar-refractivity contribution in [2.24, 2.45) is 0 Å². The molecule has 1 aliphatic rings. The topological polar surface area (TPSA) is 43.1 Å². The normalized spacial score (nSPS) is 21.5. The van der Waals surface area contributed by atoms with Crippen LogP contribution < -0.4 is 0 Å². The lowest BCUT2D eigenvalue weighted by Gasteiger charge is -1.69.